The molecule has 1 aliphatic heterocycles. The fourth-order valence-corrected chi connectivity index (χ4v) is 3.46. The van der Waals surface area contributed by atoms with E-state index in [1.165, 1.54) is 28.4 Å². The van der Waals surface area contributed by atoms with E-state index in [-0.39, 0.29) is 77.9 Å². The summed E-state index contributed by atoms with van der Waals surface area (Å²) in [6.45, 7) is 5.56. The molecule has 0 saturated heterocycles. The van der Waals surface area contributed by atoms with Crippen molar-refractivity contribution < 1.29 is 46.5 Å². The Kier molecular flexibility index (Phi) is 25.8. The second-order valence-electron chi connectivity index (χ2n) is 6.40. The summed E-state index contributed by atoms with van der Waals surface area (Å²) in [4.78, 5) is 0. The van der Waals surface area contributed by atoms with Gasteiger partial charge in [-0.25, -0.2) is 0 Å². The van der Waals surface area contributed by atoms with Crippen molar-refractivity contribution in [2.45, 2.75) is 26.3 Å². The number of benzene rings is 2. The van der Waals surface area contributed by atoms with Crippen LogP contribution in [0.25, 0.3) is 16.9 Å². The predicted octanol–water partition coefficient (Wildman–Crippen LogP) is -0.617. The first-order valence-electron chi connectivity index (χ1n) is 7.61. The quantitative estimate of drug-likeness (QED) is 0.305. The summed E-state index contributed by atoms with van der Waals surface area (Å²) < 4.78 is 0. The minimum atomic E-state index is -0.250. The smallest absolute Gasteiger partial charge is 1.00 e. The zero-order chi connectivity index (χ0) is 16.0. The molecule has 0 spiro atoms. The Morgan fingerprint density at radius 2 is 1.14 bits per heavy atom. The Balaban J connectivity index is -0.000000146. The van der Waals surface area contributed by atoms with E-state index in [0.29, 0.717) is 0 Å². The first-order chi connectivity index (χ1) is 10.4. The normalized spacial score (nSPS) is 11.4. The number of hydrogen-bond donors (Lipinski definition) is 0. The van der Waals surface area contributed by atoms with Crippen LogP contribution in [0.1, 0.15) is 31.9 Å². The molecule has 156 valence electrons. The maximum Gasteiger partial charge on any atom is 2.00 e. The Morgan fingerprint density at radius 1 is 0.786 bits per heavy atom. The van der Waals surface area contributed by atoms with Gasteiger partial charge in [-0.15, -0.1) is 5.54 Å². The zero-order valence-electron chi connectivity index (χ0n) is 16.8. The molecule has 2 aromatic carbocycles. The molecule has 1 nitrogen and oxygen atoms in total. The molecule has 0 saturated carbocycles. The van der Waals surface area contributed by atoms with Crippen molar-refractivity contribution in [3.8, 4) is 0 Å². The molecule has 1 unspecified atom stereocenters. The maximum absolute atomic E-state index is 6.94. The van der Waals surface area contributed by atoms with E-state index in [0.717, 1.165) is 8.20 Å². The van der Waals surface area contributed by atoms with Gasteiger partial charge in [-0.05, 0) is 22.1 Å². The summed E-state index contributed by atoms with van der Waals surface area (Å²) in [5.74, 6) is 2.39. The Morgan fingerprint density at radius 3 is 1.54 bits per heavy atom. The summed E-state index contributed by atoms with van der Waals surface area (Å²) in [6, 6.07) is 21.4. The van der Waals surface area contributed by atoms with E-state index in [1.807, 2.05) is 20.8 Å². The van der Waals surface area contributed by atoms with Crippen LogP contribution in [0, 0.1) is 14.9 Å². The van der Waals surface area contributed by atoms with E-state index in [1.54, 1.807) is 0 Å². The Labute approximate surface area is 206 Å². The van der Waals surface area contributed by atoms with E-state index in [2.05, 4.69) is 66.5 Å². The van der Waals surface area contributed by atoms with Gasteiger partial charge in [0.2, 0.25) is 0 Å². The molecule has 6 heteroatoms. The summed E-state index contributed by atoms with van der Waals surface area (Å²) >= 11 is 0. The SMILES string of the molecule is C1=[PH+]CC(c2ccccc2)=C1c1ccccc1.CC(C)(C)[NH-].[CH3-].[CH3-].[Cl-].[Cl-].[SiH4].[Ti+2]. The molecule has 28 heavy (non-hydrogen) atoms. The molecular weight excluding hydrogens is 456 g/mol. The molecule has 0 aromatic heterocycles. The first kappa shape index (κ1) is 38.4. The average Bonchev–Trinajstić information content (AvgIpc) is 2.97. The zero-order valence-corrected chi connectivity index (χ0v) is 20.9. The summed E-state index contributed by atoms with van der Waals surface area (Å²) in [5.41, 5.74) is 12.3. The molecular formula is C22H34Cl2NPSiTi-2. The number of rotatable bonds is 2. The van der Waals surface area contributed by atoms with Gasteiger partial charge in [-0.3, -0.25) is 0 Å². The van der Waals surface area contributed by atoms with Crippen molar-refractivity contribution in [2.75, 3.05) is 6.16 Å². The van der Waals surface area contributed by atoms with Crippen molar-refractivity contribution >= 4 is 36.1 Å². The van der Waals surface area contributed by atoms with Gasteiger partial charge in [0.25, 0.3) is 0 Å². The number of allylic oxidation sites excluding steroid dienone is 2. The number of halogens is 2. The van der Waals surface area contributed by atoms with E-state index >= 15 is 0 Å². The third-order valence-corrected chi connectivity index (χ3v) is 4.11. The second kappa shape index (κ2) is 18.8. The van der Waals surface area contributed by atoms with Crippen molar-refractivity contribution in [1.82, 2.24) is 0 Å². The largest absolute Gasteiger partial charge is 2.00 e. The van der Waals surface area contributed by atoms with Crippen LogP contribution in [0.4, 0.5) is 0 Å². The van der Waals surface area contributed by atoms with Crippen molar-refractivity contribution in [2.24, 2.45) is 0 Å². The molecule has 0 aliphatic carbocycles. The van der Waals surface area contributed by atoms with Crippen LogP contribution in [-0.2, 0) is 21.7 Å². The monoisotopic (exact) mass is 489 g/mol. The molecule has 1 atom stereocenters. The van der Waals surface area contributed by atoms with Gasteiger partial charge in [0.05, 0.1) is 8.20 Å². The summed E-state index contributed by atoms with van der Waals surface area (Å²) in [6.07, 6.45) is 1.19. The second-order valence-corrected chi connectivity index (χ2v) is 7.45. The fourth-order valence-electron chi connectivity index (χ4n) is 2.21. The molecule has 0 amide bonds. The minimum Gasteiger partial charge on any atom is -1.00 e. The molecule has 0 bridgehead atoms. The van der Waals surface area contributed by atoms with E-state index in [9.17, 15) is 0 Å². The average molecular weight is 490 g/mol. The van der Waals surface area contributed by atoms with Gasteiger partial charge >= 0.3 is 21.7 Å². The molecule has 1 N–H and O–H groups in total. The van der Waals surface area contributed by atoms with Gasteiger partial charge < -0.3 is 45.4 Å². The topological polar surface area (TPSA) is 23.8 Å². The van der Waals surface area contributed by atoms with Crippen LogP contribution < -0.4 is 24.8 Å². The van der Waals surface area contributed by atoms with E-state index in [4.69, 9.17) is 5.73 Å². The fraction of sp³-hybridized carbons (Fsp3) is 0.227. The van der Waals surface area contributed by atoms with Crippen LogP contribution in [0.2, 0.25) is 0 Å². The van der Waals surface area contributed by atoms with Gasteiger partial charge in [0.1, 0.15) is 12.0 Å². The van der Waals surface area contributed by atoms with Crippen LogP contribution >= 0.6 is 8.20 Å². The Bertz CT molecular complexity index is 666. The molecule has 2 aromatic rings. The van der Waals surface area contributed by atoms with Gasteiger partial charge in [-0.1, -0.05) is 81.4 Å². The van der Waals surface area contributed by atoms with Crippen molar-refractivity contribution in [3.05, 3.63) is 92.4 Å². The van der Waals surface area contributed by atoms with Gasteiger partial charge in [0.15, 0.2) is 0 Å². The van der Waals surface area contributed by atoms with E-state index < -0.39 is 0 Å². The van der Waals surface area contributed by atoms with Crippen LogP contribution in [-0.4, -0.2) is 28.5 Å². The minimum absolute atomic E-state index is 0. The van der Waals surface area contributed by atoms with Crippen LogP contribution in [0.3, 0.4) is 0 Å². The maximum atomic E-state index is 6.94. The molecule has 0 fully saturated rings. The number of hydrogen-bond acceptors (Lipinski definition) is 0. The van der Waals surface area contributed by atoms with Gasteiger partial charge in [-0.2, -0.15) is 0 Å². The first-order valence-corrected chi connectivity index (χ1v) is 8.89. The summed E-state index contributed by atoms with van der Waals surface area (Å²) in [5, 5.41) is 0. The summed E-state index contributed by atoms with van der Waals surface area (Å²) in [7, 11) is 0.921. The van der Waals surface area contributed by atoms with Crippen molar-refractivity contribution in [3.63, 3.8) is 0 Å². The standard InChI is InChI=1S/C16H13P.C4H10N.2CH3.2ClH.H4Si.Ti/c1-3-7-13(8-4-1)15-11-17-12-16(15)14-9-5-2-6-10-14;1-4(2,3)5;;;;;;/h1-11H,12H2;5H,1-3H3;2*1H3;2*1H;1H4;/q;3*-1;;;;+2/p-1. The van der Waals surface area contributed by atoms with Crippen molar-refractivity contribution in [1.29, 1.82) is 0 Å². The predicted molar refractivity (Wildman–Crippen MR) is 127 cm³/mol. The molecule has 1 heterocycles. The van der Waals surface area contributed by atoms with Gasteiger partial charge in [0, 0.05) is 11.1 Å². The molecule has 3 rings (SSSR count). The Hall–Kier alpha value is -0.179. The molecule has 0 radical (unpaired) electrons. The third kappa shape index (κ3) is 13.9. The number of nitrogens with one attached hydrogen (secondary N) is 1. The van der Waals surface area contributed by atoms with Crippen LogP contribution in [0.15, 0.2) is 60.7 Å². The third-order valence-electron chi connectivity index (χ3n) is 3.06. The van der Waals surface area contributed by atoms with Crippen LogP contribution in [0.5, 0.6) is 0 Å². The molecule has 1 aliphatic rings.